The number of hydrogen-bond donors (Lipinski definition) is 1. The Balaban J connectivity index is 1.59. The Morgan fingerprint density at radius 3 is 2.96 bits per heavy atom. The molecule has 0 bridgehead atoms. The molecular formula is C19H25N5O. The van der Waals surface area contributed by atoms with E-state index in [-0.39, 0.29) is 5.91 Å². The Morgan fingerprint density at radius 1 is 1.24 bits per heavy atom. The molecule has 4 rings (SSSR count). The Hall–Kier alpha value is -2.18. The highest BCUT2D eigenvalue weighted by Crippen LogP contribution is 2.26. The van der Waals surface area contributed by atoms with Crippen LogP contribution in [0.5, 0.6) is 0 Å². The summed E-state index contributed by atoms with van der Waals surface area (Å²) in [4.78, 5) is 17.3. The molecule has 6 heteroatoms. The number of rotatable bonds is 2. The van der Waals surface area contributed by atoms with Crippen LogP contribution in [-0.4, -0.2) is 53.8 Å². The topological polar surface area (TPSA) is 53.4 Å². The molecule has 1 aromatic heterocycles. The minimum atomic E-state index is -0.00901. The first-order chi connectivity index (χ1) is 12.2. The van der Waals surface area contributed by atoms with Gasteiger partial charge in [-0.1, -0.05) is 18.2 Å². The molecule has 0 saturated carbocycles. The van der Waals surface area contributed by atoms with Crippen LogP contribution in [0.4, 0.5) is 5.69 Å². The van der Waals surface area contributed by atoms with Gasteiger partial charge >= 0.3 is 0 Å². The van der Waals surface area contributed by atoms with E-state index >= 15 is 0 Å². The van der Waals surface area contributed by atoms with Crippen LogP contribution in [0.3, 0.4) is 0 Å². The van der Waals surface area contributed by atoms with E-state index in [1.807, 2.05) is 40.0 Å². The number of benzene rings is 1. The Morgan fingerprint density at radius 2 is 2.12 bits per heavy atom. The summed E-state index contributed by atoms with van der Waals surface area (Å²) in [6, 6.07) is 10.4. The summed E-state index contributed by atoms with van der Waals surface area (Å²) < 4.78 is 1.95. The van der Waals surface area contributed by atoms with Crippen molar-refractivity contribution in [2.45, 2.75) is 25.4 Å². The van der Waals surface area contributed by atoms with E-state index in [9.17, 15) is 4.79 Å². The van der Waals surface area contributed by atoms with Crippen LogP contribution in [0.15, 0.2) is 36.5 Å². The van der Waals surface area contributed by atoms with E-state index in [0.717, 1.165) is 44.7 Å². The zero-order valence-corrected chi connectivity index (χ0v) is 14.7. The van der Waals surface area contributed by atoms with Crippen molar-refractivity contribution in [1.29, 1.82) is 0 Å². The summed E-state index contributed by atoms with van der Waals surface area (Å²) in [6.07, 6.45) is 4.21. The Labute approximate surface area is 148 Å². The normalized spacial score (nSPS) is 21.6. The van der Waals surface area contributed by atoms with Gasteiger partial charge in [0, 0.05) is 38.1 Å². The maximum Gasteiger partial charge on any atom is 0.278 e. The summed E-state index contributed by atoms with van der Waals surface area (Å²) in [7, 11) is 2.09. The molecule has 0 radical (unpaired) electrons. The summed E-state index contributed by atoms with van der Waals surface area (Å²) in [5, 5.41) is 8.00. The number of carbonyl (C=O) groups excluding carboxylic acids is 1. The van der Waals surface area contributed by atoms with Gasteiger partial charge in [-0.2, -0.15) is 5.10 Å². The molecule has 1 N–H and O–H groups in total. The quantitative estimate of drug-likeness (QED) is 0.908. The Kier molecular flexibility index (Phi) is 4.55. The van der Waals surface area contributed by atoms with Gasteiger partial charge in [-0.25, -0.2) is 0 Å². The molecule has 1 aromatic carbocycles. The summed E-state index contributed by atoms with van der Waals surface area (Å²) in [5.41, 5.74) is 2.72. The third-order valence-corrected chi connectivity index (χ3v) is 5.15. The van der Waals surface area contributed by atoms with Gasteiger partial charge in [-0.05, 0) is 44.1 Å². The second-order valence-corrected chi connectivity index (χ2v) is 7.00. The SMILES string of the molecule is CN1CCN(C(=O)c2ccn(C3CCCNC3)n2)c2ccccc2C1. The lowest BCUT2D eigenvalue weighted by Gasteiger charge is -2.23. The molecule has 2 aromatic rings. The smallest absolute Gasteiger partial charge is 0.278 e. The number of carbonyl (C=O) groups is 1. The lowest BCUT2D eigenvalue weighted by molar-refractivity contribution is 0.0979. The number of fused-ring (bicyclic) bond motifs is 1. The van der Waals surface area contributed by atoms with E-state index in [1.54, 1.807) is 0 Å². The molecule has 0 aliphatic carbocycles. The maximum atomic E-state index is 13.1. The highest BCUT2D eigenvalue weighted by Gasteiger charge is 2.26. The number of para-hydroxylation sites is 1. The molecule has 1 fully saturated rings. The Bertz CT molecular complexity index is 750. The largest absolute Gasteiger partial charge is 0.315 e. The number of hydrogen-bond acceptors (Lipinski definition) is 4. The molecule has 132 valence electrons. The maximum absolute atomic E-state index is 13.1. The summed E-state index contributed by atoms with van der Waals surface area (Å²) in [6.45, 7) is 4.40. The summed E-state index contributed by atoms with van der Waals surface area (Å²) in [5.74, 6) is -0.00901. The van der Waals surface area contributed by atoms with E-state index in [1.165, 1.54) is 5.56 Å². The predicted molar refractivity (Wildman–Crippen MR) is 97.8 cm³/mol. The van der Waals surface area contributed by atoms with Gasteiger partial charge in [-0.3, -0.25) is 9.48 Å². The fourth-order valence-corrected chi connectivity index (χ4v) is 3.73. The molecule has 0 spiro atoms. The van der Waals surface area contributed by atoms with Gasteiger partial charge in [0.25, 0.3) is 5.91 Å². The van der Waals surface area contributed by atoms with Crippen molar-refractivity contribution in [3.8, 4) is 0 Å². The highest BCUT2D eigenvalue weighted by atomic mass is 16.2. The standard InChI is InChI=1S/C19H25N5O/c1-22-11-12-23(18-7-3-2-5-15(18)14-22)19(25)17-8-10-24(21-17)16-6-4-9-20-13-16/h2-3,5,7-8,10,16,20H,4,6,9,11-14H2,1H3. The van der Waals surface area contributed by atoms with Crippen LogP contribution < -0.4 is 10.2 Å². The van der Waals surface area contributed by atoms with E-state index < -0.39 is 0 Å². The van der Waals surface area contributed by atoms with Gasteiger partial charge in [0.15, 0.2) is 5.69 Å². The molecule has 1 atom stereocenters. The molecule has 25 heavy (non-hydrogen) atoms. The lowest BCUT2D eigenvalue weighted by Crippen LogP contribution is -2.36. The second kappa shape index (κ2) is 6.98. The second-order valence-electron chi connectivity index (χ2n) is 7.00. The first kappa shape index (κ1) is 16.3. The molecule has 3 heterocycles. The minimum Gasteiger partial charge on any atom is -0.315 e. The van der Waals surface area contributed by atoms with Crippen LogP contribution >= 0.6 is 0 Å². The van der Waals surface area contributed by atoms with Gasteiger partial charge in [0.2, 0.25) is 0 Å². The zero-order chi connectivity index (χ0) is 17.2. The van der Waals surface area contributed by atoms with Gasteiger partial charge in [0.05, 0.1) is 6.04 Å². The first-order valence-corrected chi connectivity index (χ1v) is 9.06. The number of piperidine rings is 1. The van der Waals surface area contributed by atoms with Crippen molar-refractivity contribution in [3.63, 3.8) is 0 Å². The highest BCUT2D eigenvalue weighted by molar-refractivity contribution is 6.05. The first-order valence-electron chi connectivity index (χ1n) is 9.06. The number of amides is 1. The molecule has 2 aliphatic heterocycles. The van der Waals surface area contributed by atoms with Crippen molar-refractivity contribution in [2.75, 3.05) is 38.1 Å². The molecule has 2 aliphatic rings. The fraction of sp³-hybridized carbons (Fsp3) is 0.474. The number of nitrogens with zero attached hydrogens (tertiary/aromatic N) is 4. The lowest BCUT2D eigenvalue weighted by atomic mass is 10.1. The summed E-state index contributed by atoms with van der Waals surface area (Å²) >= 11 is 0. The number of aromatic nitrogens is 2. The van der Waals surface area contributed by atoms with Crippen LogP contribution in [0.1, 0.15) is 34.9 Å². The third kappa shape index (κ3) is 3.32. The van der Waals surface area contributed by atoms with Crippen molar-refractivity contribution in [1.82, 2.24) is 20.0 Å². The van der Waals surface area contributed by atoms with Gasteiger partial charge < -0.3 is 15.1 Å². The van der Waals surface area contributed by atoms with Crippen LogP contribution in [0, 0.1) is 0 Å². The monoisotopic (exact) mass is 339 g/mol. The van der Waals surface area contributed by atoms with Crippen molar-refractivity contribution >= 4 is 11.6 Å². The van der Waals surface area contributed by atoms with E-state index in [0.29, 0.717) is 18.3 Å². The van der Waals surface area contributed by atoms with Crippen LogP contribution in [0.25, 0.3) is 0 Å². The number of anilines is 1. The van der Waals surface area contributed by atoms with Crippen LogP contribution in [-0.2, 0) is 6.54 Å². The van der Waals surface area contributed by atoms with Crippen LogP contribution in [0.2, 0.25) is 0 Å². The average molecular weight is 339 g/mol. The molecular weight excluding hydrogens is 314 g/mol. The molecule has 1 amide bonds. The van der Waals surface area contributed by atoms with E-state index in [2.05, 4.69) is 28.4 Å². The predicted octanol–water partition coefficient (Wildman–Crippen LogP) is 1.90. The third-order valence-electron chi connectivity index (χ3n) is 5.15. The number of nitrogens with one attached hydrogen (secondary N) is 1. The van der Waals surface area contributed by atoms with Gasteiger partial charge in [-0.15, -0.1) is 0 Å². The van der Waals surface area contributed by atoms with Crippen molar-refractivity contribution in [3.05, 3.63) is 47.8 Å². The van der Waals surface area contributed by atoms with Crippen molar-refractivity contribution < 1.29 is 4.79 Å². The fourth-order valence-electron chi connectivity index (χ4n) is 3.73. The average Bonchev–Trinajstić information content (AvgIpc) is 3.07. The molecule has 1 saturated heterocycles. The molecule has 1 unspecified atom stereocenters. The van der Waals surface area contributed by atoms with E-state index in [4.69, 9.17) is 0 Å². The minimum absolute atomic E-state index is 0.00901. The number of likely N-dealkylation sites (N-methyl/N-ethyl adjacent to an activating group) is 1. The van der Waals surface area contributed by atoms with Crippen molar-refractivity contribution in [2.24, 2.45) is 0 Å². The van der Waals surface area contributed by atoms with Gasteiger partial charge in [0.1, 0.15) is 0 Å². The molecule has 6 nitrogen and oxygen atoms in total. The zero-order valence-electron chi connectivity index (χ0n) is 14.7.